The molecule has 0 fully saturated rings. The van der Waals surface area contributed by atoms with Crippen molar-refractivity contribution in [2.75, 3.05) is 23.3 Å². The number of carbonyl (C=O) groups is 2. The van der Waals surface area contributed by atoms with Gasteiger partial charge in [-0.15, -0.1) is 5.10 Å². The molecule has 0 aliphatic rings. The molecule has 172 valence electrons. The molecular formula is C27H26N4O3. The van der Waals surface area contributed by atoms with Crippen LogP contribution in [0.25, 0.3) is 11.0 Å². The zero-order valence-electron chi connectivity index (χ0n) is 19.1. The Morgan fingerprint density at radius 2 is 1.53 bits per heavy atom. The van der Waals surface area contributed by atoms with Gasteiger partial charge in [0.2, 0.25) is 5.55 Å². The second kappa shape index (κ2) is 10.5. The summed E-state index contributed by atoms with van der Waals surface area (Å²) in [6, 6.07) is 25.4. The highest BCUT2D eigenvalue weighted by atomic mass is 16.3. The van der Waals surface area contributed by atoms with E-state index in [1.165, 1.54) is 0 Å². The fourth-order valence-corrected chi connectivity index (χ4v) is 3.61. The van der Waals surface area contributed by atoms with Gasteiger partial charge in [-0.2, -0.15) is 0 Å². The summed E-state index contributed by atoms with van der Waals surface area (Å²) >= 11 is 0. The molecule has 2 N–H and O–H groups in total. The van der Waals surface area contributed by atoms with E-state index in [0.717, 1.165) is 24.2 Å². The maximum Gasteiger partial charge on any atom is 0.271 e. The number of anilines is 2. The smallest absolute Gasteiger partial charge is 0.271 e. The summed E-state index contributed by atoms with van der Waals surface area (Å²) in [6.07, 6.45) is 0. The number of carbonyl (C=O) groups excluding carboxylic acids is 2. The summed E-state index contributed by atoms with van der Waals surface area (Å²) in [7, 11) is 0. The van der Waals surface area contributed by atoms with Gasteiger partial charge in [0.1, 0.15) is 11.1 Å². The van der Waals surface area contributed by atoms with E-state index in [4.69, 9.17) is 4.42 Å². The van der Waals surface area contributed by atoms with E-state index in [-0.39, 0.29) is 11.1 Å². The van der Waals surface area contributed by atoms with Crippen LogP contribution in [0.3, 0.4) is 0 Å². The molecule has 0 bridgehead atoms. The number of fused-ring (bicyclic) bond motifs is 1. The third-order valence-corrected chi connectivity index (χ3v) is 5.43. The van der Waals surface area contributed by atoms with Gasteiger partial charge in [0, 0.05) is 41.5 Å². The van der Waals surface area contributed by atoms with E-state index in [1.54, 1.807) is 42.5 Å². The molecular weight excluding hydrogens is 428 g/mol. The first kappa shape index (κ1) is 22.8. The lowest BCUT2D eigenvalue weighted by molar-refractivity contribution is 0.0948. The number of nitrogens with one attached hydrogen (secondary N) is 2. The summed E-state index contributed by atoms with van der Waals surface area (Å²) in [5, 5.41) is 7.77. The Labute approximate surface area is 197 Å². The van der Waals surface area contributed by atoms with Crippen molar-refractivity contribution in [3.05, 3.63) is 102 Å². The van der Waals surface area contributed by atoms with E-state index < -0.39 is 11.8 Å². The largest absolute Gasteiger partial charge is 0.436 e. The van der Waals surface area contributed by atoms with Gasteiger partial charge in [-0.05, 0) is 56.3 Å². The lowest BCUT2D eigenvalue weighted by atomic mass is 10.1. The van der Waals surface area contributed by atoms with Crippen LogP contribution in [0.5, 0.6) is 0 Å². The summed E-state index contributed by atoms with van der Waals surface area (Å²) in [5.74, 6) is -0.792. The molecule has 7 nitrogen and oxygen atoms in total. The van der Waals surface area contributed by atoms with Crippen LogP contribution in [-0.4, -0.2) is 24.9 Å². The maximum absolute atomic E-state index is 13.1. The Balaban J connectivity index is 1.76. The molecule has 0 spiro atoms. The van der Waals surface area contributed by atoms with Crippen LogP contribution < -0.4 is 21.2 Å². The normalized spacial score (nSPS) is 11.3. The van der Waals surface area contributed by atoms with Crippen LogP contribution in [0.2, 0.25) is 0 Å². The molecule has 0 radical (unpaired) electrons. The fraction of sp³-hybridized carbons (Fsp3) is 0.148. The molecule has 1 heterocycles. The third-order valence-electron chi connectivity index (χ3n) is 5.43. The number of nitrogens with zero attached hydrogens (tertiary/aromatic N) is 2. The molecule has 34 heavy (non-hydrogen) atoms. The van der Waals surface area contributed by atoms with Crippen molar-refractivity contribution in [3.8, 4) is 0 Å². The molecule has 4 aromatic rings. The zero-order valence-corrected chi connectivity index (χ0v) is 19.1. The highest BCUT2D eigenvalue weighted by Gasteiger charge is 2.15. The van der Waals surface area contributed by atoms with Crippen LogP contribution >= 0.6 is 0 Å². The molecule has 0 aliphatic carbocycles. The first-order valence-electron chi connectivity index (χ1n) is 11.2. The third kappa shape index (κ3) is 5.15. The predicted octanol–water partition coefficient (Wildman–Crippen LogP) is 4.78. The number of hydrogen-bond acceptors (Lipinski definition) is 5. The molecule has 0 unspecified atom stereocenters. The standard InChI is InChI=1S/C27H26N4O3/c1-3-31(4-2)22-16-15-20-17-23(26(33)28-21-13-9-6-10-14-21)27(34-24(20)18-22)30-29-25(32)19-11-7-5-8-12-19/h5-18H,3-4H2,1-2H3,(H,28,33)(H,29,32). The molecule has 7 heteroatoms. The van der Waals surface area contributed by atoms with E-state index in [9.17, 15) is 9.59 Å². The topological polar surface area (TPSA) is 86.9 Å². The Morgan fingerprint density at radius 1 is 0.853 bits per heavy atom. The van der Waals surface area contributed by atoms with E-state index in [2.05, 4.69) is 34.6 Å². The minimum Gasteiger partial charge on any atom is -0.436 e. The highest BCUT2D eigenvalue weighted by Crippen LogP contribution is 2.22. The van der Waals surface area contributed by atoms with Crippen molar-refractivity contribution in [1.82, 2.24) is 5.43 Å². The number of rotatable bonds is 7. The van der Waals surface area contributed by atoms with Crippen molar-refractivity contribution < 1.29 is 14.0 Å². The monoisotopic (exact) mass is 454 g/mol. The number of para-hydroxylation sites is 1. The van der Waals surface area contributed by atoms with E-state index in [0.29, 0.717) is 16.8 Å². The Bertz CT molecular complexity index is 1360. The molecule has 0 saturated heterocycles. The number of amides is 2. The van der Waals surface area contributed by atoms with Gasteiger partial charge < -0.3 is 14.6 Å². The summed E-state index contributed by atoms with van der Waals surface area (Å²) in [4.78, 5) is 27.8. The SMILES string of the molecule is CCN(CC)c1ccc2cc(C(=O)Nc3ccccc3)c(=NNC(=O)c3ccccc3)oc2c1. The van der Waals surface area contributed by atoms with Crippen molar-refractivity contribution in [2.45, 2.75) is 13.8 Å². The quantitative estimate of drug-likeness (QED) is 0.394. The minimum absolute atomic E-state index is 0.0157. The Hall–Kier alpha value is -4.39. The first-order valence-corrected chi connectivity index (χ1v) is 11.2. The van der Waals surface area contributed by atoms with Gasteiger partial charge in [0.25, 0.3) is 11.8 Å². The van der Waals surface area contributed by atoms with Crippen LogP contribution in [0.4, 0.5) is 11.4 Å². The van der Waals surface area contributed by atoms with Gasteiger partial charge in [0.05, 0.1) is 0 Å². The van der Waals surface area contributed by atoms with Crippen molar-refractivity contribution >= 4 is 34.2 Å². The fourth-order valence-electron chi connectivity index (χ4n) is 3.61. The van der Waals surface area contributed by atoms with Gasteiger partial charge in [-0.25, -0.2) is 5.43 Å². The summed E-state index contributed by atoms with van der Waals surface area (Å²) in [5.41, 5.74) is 5.38. The molecule has 0 saturated carbocycles. The van der Waals surface area contributed by atoms with Gasteiger partial charge >= 0.3 is 0 Å². The van der Waals surface area contributed by atoms with Gasteiger partial charge in [-0.1, -0.05) is 36.4 Å². The second-order valence-electron chi connectivity index (χ2n) is 7.60. The van der Waals surface area contributed by atoms with E-state index >= 15 is 0 Å². The van der Waals surface area contributed by atoms with Gasteiger partial charge in [-0.3, -0.25) is 9.59 Å². The Morgan fingerprint density at radius 3 is 2.21 bits per heavy atom. The number of benzene rings is 3. The maximum atomic E-state index is 13.1. The van der Waals surface area contributed by atoms with Crippen LogP contribution in [0, 0.1) is 0 Å². The minimum atomic E-state index is -0.401. The second-order valence-corrected chi connectivity index (χ2v) is 7.60. The summed E-state index contributed by atoms with van der Waals surface area (Å²) in [6.45, 7) is 5.87. The molecule has 1 aromatic heterocycles. The molecule has 0 atom stereocenters. The van der Waals surface area contributed by atoms with Crippen LogP contribution in [0.15, 0.2) is 94.4 Å². The predicted molar refractivity (Wildman–Crippen MR) is 134 cm³/mol. The molecule has 0 aliphatic heterocycles. The zero-order chi connectivity index (χ0) is 23.9. The van der Waals surface area contributed by atoms with Crippen molar-refractivity contribution in [3.63, 3.8) is 0 Å². The lowest BCUT2D eigenvalue weighted by Gasteiger charge is -2.21. The van der Waals surface area contributed by atoms with Crippen LogP contribution in [-0.2, 0) is 0 Å². The van der Waals surface area contributed by atoms with Gasteiger partial charge in [0.15, 0.2) is 0 Å². The van der Waals surface area contributed by atoms with E-state index in [1.807, 2.05) is 42.5 Å². The van der Waals surface area contributed by atoms with Crippen LogP contribution in [0.1, 0.15) is 34.6 Å². The molecule has 2 amide bonds. The number of hydrogen-bond donors (Lipinski definition) is 2. The Kier molecular flexibility index (Phi) is 7.03. The van der Waals surface area contributed by atoms with Crippen molar-refractivity contribution in [2.24, 2.45) is 5.10 Å². The highest BCUT2D eigenvalue weighted by molar-refractivity contribution is 6.05. The lowest BCUT2D eigenvalue weighted by Crippen LogP contribution is -2.27. The average Bonchev–Trinajstić information content (AvgIpc) is 2.88. The first-order chi connectivity index (χ1) is 16.6. The summed E-state index contributed by atoms with van der Waals surface area (Å²) < 4.78 is 6.05. The van der Waals surface area contributed by atoms with Crippen molar-refractivity contribution in [1.29, 1.82) is 0 Å². The average molecular weight is 455 g/mol. The molecule has 3 aromatic carbocycles. The molecule has 4 rings (SSSR count).